The Kier molecular flexibility index (Phi) is 5.90. The summed E-state index contributed by atoms with van der Waals surface area (Å²) < 4.78 is -0.191. The first-order valence-corrected chi connectivity index (χ1v) is 10.1. The minimum Gasteiger partial charge on any atom is -0.354 e. The van der Waals surface area contributed by atoms with E-state index in [1.54, 1.807) is 16.7 Å². The topological polar surface area (TPSA) is 49.4 Å². The van der Waals surface area contributed by atoms with Gasteiger partial charge in [0.15, 0.2) is 0 Å². The molecule has 0 unspecified atom stereocenters. The molecule has 0 aliphatic carbocycles. The number of para-hydroxylation sites is 1. The Hall–Kier alpha value is -2.27. The number of amides is 2. The second-order valence-electron chi connectivity index (χ2n) is 7.57. The van der Waals surface area contributed by atoms with Crippen LogP contribution in [0.1, 0.15) is 31.4 Å². The molecule has 0 saturated heterocycles. The van der Waals surface area contributed by atoms with Crippen molar-refractivity contribution in [1.82, 2.24) is 5.32 Å². The van der Waals surface area contributed by atoms with Gasteiger partial charge in [-0.05, 0) is 44.9 Å². The third-order valence-corrected chi connectivity index (χ3v) is 5.84. The second kappa shape index (κ2) is 8.17. The zero-order valence-corrected chi connectivity index (χ0v) is 16.9. The summed E-state index contributed by atoms with van der Waals surface area (Å²) in [5, 5.41) is 2.95. The Morgan fingerprint density at radius 1 is 1.15 bits per heavy atom. The quantitative estimate of drug-likeness (QED) is 0.851. The molecule has 2 aromatic carbocycles. The third-order valence-electron chi connectivity index (χ3n) is 4.58. The molecule has 1 aliphatic rings. The van der Waals surface area contributed by atoms with Crippen molar-refractivity contribution >= 4 is 29.3 Å². The number of hydrogen-bond acceptors (Lipinski definition) is 3. The van der Waals surface area contributed by atoms with Gasteiger partial charge >= 0.3 is 0 Å². The molecule has 3 rings (SSSR count). The van der Waals surface area contributed by atoms with E-state index in [0.717, 1.165) is 17.0 Å². The SMILES string of the molecule is Cc1ccc(CCNC(=O)CN2C(=O)CC(C)(C)Sc3ccccc32)cc1. The fraction of sp³-hybridized carbons (Fsp3) is 0.364. The molecule has 0 saturated carbocycles. The Labute approximate surface area is 165 Å². The minimum atomic E-state index is -0.191. The number of aryl methyl sites for hydroxylation is 1. The van der Waals surface area contributed by atoms with Gasteiger partial charge < -0.3 is 10.2 Å². The number of carbonyl (C=O) groups is 2. The fourth-order valence-corrected chi connectivity index (χ4v) is 4.39. The maximum Gasteiger partial charge on any atom is 0.240 e. The highest BCUT2D eigenvalue weighted by Crippen LogP contribution is 2.43. The maximum absolute atomic E-state index is 12.8. The lowest BCUT2D eigenvalue weighted by Crippen LogP contribution is -2.42. The van der Waals surface area contributed by atoms with Crippen LogP contribution >= 0.6 is 11.8 Å². The molecule has 1 N–H and O–H groups in total. The molecule has 0 bridgehead atoms. The summed E-state index contributed by atoms with van der Waals surface area (Å²) in [5.74, 6) is -0.138. The monoisotopic (exact) mass is 382 g/mol. The Morgan fingerprint density at radius 2 is 1.85 bits per heavy atom. The first kappa shape index (κ1) is 19.5. The predicted octanol–water partition coefficient (Wildman–Crippen LogP) is 3.96. The van der Waals surface area contributed by atoms with E-state index in [2.05, 4.69) is 50.4 Å². The van der Waals surface area contributed by atoms with Gasteiger partial charge in [0.1, 0.15) is 6.54 Å². The molecule has 5 heteroatoms. The van der Waals surface area contributed by atoms with E-state index in [9.17, 15) is 9.59 Å². The molecule has 0 fully saturated rings. The zero-order chi connectivity index (χ0) is 19.4. The van der Waals surface area contributed by atoms with Gasteiger partial charge in [0.25, 0.3) is 0 Å². The van der Waals surface area contributed by atoms with Gasteiger partial charge in [0, 0.05) is 22.6 Å². The summed E-state index contributed by atoms with van der Waals surface area (Å²) in [4.78, 5) is 27.9. The van der Waals surface area contributed by atoms with Gasteiger partial charge in [-0.25, -0.2) is 0 Å². The van der Waals surface area contributed by atoms with Crippen LogP contribution in [-0.2, 0) is 16.0 Å². The molecule has 27 heavy (non-hydrogen) atoms. The van der Waals surface area contributed by atoms with Crippen LogP contribution in [0.15, 0.2) is 53.4 Å². The Bertz CT molecular complexity index is 830. The van der Waals surface area contributed by atoms with Gasteiger partial charge in [-0.1, -0.05) is 42.0 Å². The number of nitrogens with one attached hydrogen (secondary N) is 1. The molecule has 1 heterocycles. The van der Waals surface area contributed by atoms with Crippen LogP contribution in [0.5, 0.6) is 0 Å². The lowest BCUT2D eigenvalue weighted by Gasteiger charge is -2.22. The van der Waals surface area contributed by atoms with Gasteiger partial charge in [-0.3, -0.25) is 9.59 Å². The molecule has 0 spiro atoms. The van der Waals surface area contributed by atoms with Crippen molar-refractivity contribution in [2.24, 2.45) is 0 Å². The summed E-state index contributed by atoms with van der Waals surface area (Å²) in [6.07, 6.45) is 1.18. The van der Waals surface area contributed by atoms with Crippen molar-refractivity contribution in [3.8, 4) is 0 Å². The highest BCUT2D eigenvalue weighted by molar-refractivity contribution is 8.00. The van der Waals surface area contributed by atoms with Crippen molar-refractivity contribution in [2.75, 3.05) is 18.0 Å². The highest BCUT2D eigenvalue weighted by Gasteiger charge is 2.33. The van der Waals surface area contributed by atoms with Crippen molar-refractivity contribution in [3.05, 3.63) is 59.7 Å². The number of carbonyl (C=O) groups excluding carboxylic acids is 2. The number of hydrogen-bond donors (Lipinski definition) is 1. The van der Waals surface area contributed by atoms with Crippen LogP contribution in [0.2, 0.25) is 0 Å². The smallest absolute Gasteiger partial charge is 0.240 e. The first-order valence-electron chi connectivity index (χ1n) is 9.25. The molecule has 2 aromatic rings. The van der Waals surface area contributed by atoms with Crippen LogP contribution in [-0.4, -0.2) is 29.7 Å². The van der Waals surface area contributed by atoms with Gasteiger partial charge in [0.2, 0.25) is 11.8 Å². The lowest BCUT2D eigenvalue weighted by atomic mass is 10.1. The minimum absolute atomic E-state index is 0.00821. The molecule has 2 amide bonds. The van der Waals surface area contributed by atoms with Crippen LogP contribution in [0.3, 0.4) is 0 Å². The second-order valence-corrected chi connectivity index (χ2v) is 9.32. The number of thioether (sulfide) groups is 1. The third kappa shape index (κ3) is 5.13. The van der Waals surface area contributed by atoms with Crippen LogP contribution in [0, 0.1) is 6.92 Å². The molecular formula is C22H26N2O2S. The van der Waals surface area contributed by atoms with Gasteiger partial charge in [-0.15, -0.1) is 11.8 Å². The average Bonchev–Trinajstić information content (AvgIpc) is 2.70. The standard InChI is InChI=1S/C22H26N2O2S/c1-16-8-10-17(11-9-16)12-13-23-20(25)15-24-18-6-4-5-7-19(18)27-22(2,3)14-21(24)26/h4-11H,12-15H2,1-3H3,(H,23,25). The zero-order valence-electron chi connectivity index (χ0n) is 16.1. The van der Waals surface area contributed by atoms with E-state index >= 15 is 0 Å². The number of anilines is 1. The van der Waals surface area contributed by atoms with E-state index in [-0.39, 0.29) is 23.1 Å². The molecule has 0 atom stereocenters. The van der Waals surface area contributed by atoms with Gasteiger partial charge in [0.05, 0.1) is 5.69 Å². The fourth-order valence-electron chi connectivity index (χ4n) is 3.17. The van der Waals surface area contributed by atoms with Crippen molar-refractivity contribution in [3.63, 3.8) is 0 Å². The largest absolute Gasteiger partial charge is 0.354 e. The van der Waals surface area contributed by atoms with Crippen LogP contribution in [0.25, 0.3) is 0 Å². The van der Waals surface area contributed by atoms with Crippen LogP contribution < -0.4 is 10.2 Å². The summed E-state index contributed by atoms with van der Waals surface area (Å²) in [7, 11) is 0. The Morgan fingerprint density at radius 3 is 2.59 bits per heavy atom. The summed E-state index contributed by atoms with van der Waals surface area (Å²) in [6, 6.07) is 16.1. The Balaban J connectivity index is 1.64. The highest BCUT2D eigenvalue weighted by atomic mass is 32.2. The maximum atomic E-state index is 12.8. The van der Waals surface area contributed by atoms with E-state index in [1.165, 1.54) is 11.1 Å². The number of nitrogens with zero attached hydrogens (tertiary/aromatic N) is 1. The van der Waals surface area contributed by atoms with E-state index in [0.29, 0.717) is 13.0 Å². The van der Waals surface area contributed by atoms with Gasteiger partial charge in [-0.2, -0.15) is 0 Å². The van der Waals surface area contributed by atoms with E-state index in [1.807, 2.05) is 24.3 Å². The van der Waals surface area contributed by atoms with E-state index in [4.69, 9.17) is 0 Å². The van der Waals surface area contributed by atoms with E-state index < -0.39 is 0 Å². The van der Waals surface area contributed by atoms with Crippen molar-refractivity contribution in [1.29, 1.82) is 0 Å². The lowest BCUT2D eigenvalue weighted by molar-refractivity contribution is -0.124. The summed E-state index contributed by atoms with van der Waals surface area (Å²) >= 11 is 1.69. The first-order chi connectivity index (χ1) is 12.8. The summed E-state index contributed by atoms with van der Waals surface area (Å²) in [5.41, 5.74) is 3.24. The van der Waals surface area contributed by atoms with Crippen LogP contribution in [0.4, 0.5) is 5.69 Å². The average molecular weight is 383 g/mol. The molecule has 0 aromatic heterocycles. The molecule has 4 nitrogen and oxygen atoms in total. The predicted molar refractivity (Wildman–Crippen MR) is 111 cm³/mol. The van der Waals surface area contributed by atoms with Crippen molar-refractivity contribution < 1.29 is 9.59 Å². The number of benzene rings is 2. The summed E-state index contributed by atoms with van der Waals surface area (Å²) in [6.45, 7) is 6.81. The molecule has 0 radical (unpaired) electrons. The molecular weight excluding hydrogens is 356 g/mol. The number of rotatable bonds is 5. The van der Waals surface area contributed by atoms with Crippen molar-refractivity contribution in [2.45, 2.75) is 43.3 Å². The molecule has 142 valence electrons. The normalized spacial score (nSPS) is 15.8. The molecule has 1 aliphatic heterocycles. The number of fused-ring (bicyclic) bond motifs is 1.